The molecule has 25 heavy (non-hydrogen) atoms. The van der Waals surface area contributed by atoms with Crippen LogP contribution in [0.15, 0.2) is 48.5 Å². The molecule has 0 aliphatic heterocycles. The van der Waals surface area contributed by atoms with Gasteiger partial charge in [0.2, 0.25) is 0 Å². The molecule has 5 nitrogen and oxygen atoms in total. The highest BCUT2D eigenvalue weighted by molar-refractivity contribution is 5.75. The number of rotatable bonds is 7. The Morgan fingerprint density at radius 3 is 2.76 bits per heavy atom. The van der Waals surface area contributed by atoms with Gasteiger partial charge in [0.15, 0.2) is 0 Å². The van der Waals surface area contributed by atoms with Crippen molar-refractivity contribution >= 4 is 11.0 Å². The van der Waals surface area contributed by atoms with Crippen LogP contribution in [0, 0.1) is 6.92 Å². The quantitative estimate of drug-likeness (QED) is 0.695. The summed E-state index contributed by atoms with van der Waals surface area (Å²) in [6.45, 7) is 4.76. The van der Waals surface area contributed by atoms with Crippen LogP contribution in [-0.2, 0) is 7.05 Å². The standard InChI is InChI=1S/C20H25N3O2/c1-14-7-6-8-17(11-14)25-13-16(24)12-21-15(2)20-22-18-9-4-5-10-19(18)23(20)3/h4-11,15-16,21,24H,12-13H2,1-3H3. The van der Waals surface area contributed by atoms with Crippen LogP contribution in [0.5, 0.6) is 5.75 Å². The van der Waals surface area contributed by atoms with E-state index in [9.17, 15) is 5.11 Å². The van der Waals surface area contributed by atoms with Crippen LogP contribution in [0.4, 0.5) is 0 Å². The Morgan fingerprint density at radius 2 is 2.00 bits per heavy atom. The lowest BCUT2D eigenvalue weighted by atomic mass is 10.2. The number of para-hydroxylation sites is 2. The number of benzene rings is 2. The van der Waals surface area contributed by atoms with Gasteiger partial charge in [-0.05, 0) is 43.7 Å². The molecule has 3 rings (SSSR count). The molecule has 0 radical (unpaired) electrons. The summed E-state index contributed by atoms with van der Waals surface area (Å²) in [5, 5.41) is 13.5. The molecule has 0 saturated carbocycles. The molecule has 0 fully saturated rings. The van der Waals surface area contributed by atoms with Gasteiger partial charge in [0.05, 0.1) is 17.1 Å². The molecule has 2 atom stereocenters. The Bertz CT molecular complexity index is 844. The first-order valence-electron chi connectivity index (χ1n) is 8.57. The zero-order valence-corrected chi connectivity index (χ0v) is 14.9. The highest BCUT2D eigenvalue weighted by atomic mass is 16.5. The molecular weight excluding hydrogens is 314 g/mol. The first-order chi connectivity index (χ1) is 12.0. The normalized spacial score (nSPS) is 13.8. The molecule has 2 unspecified atom stereocenters. The van der Waals surface area contributed by atoms with Crippen molar-refractivity contribution in [3.05, 3.63) is 59.9 Å². The predicted octanol–water partition coefficient (Wildman–Crippen LogP) is 2.97. The lowest BCUT2D eigenvalue weighted by Crippen LogP contribution is -2.33. The molecule has 0 bridgehead atoms. The van der Waals surface area contributed by atoms with Gasteiger partial charge in [-0.3, -0.25) is 0 Å². The summed E-state index contributed by atoms with van der Waals surface area (Å²) >= 11 is 0. The molecule has 0 saturated heterocycles. The number of hydrogen-bond acceptors (Lipinski definition) is 4. The summed E-state index contributed by atoms with van der Waals surface area (Å²) in [5.41, 5.74) is 3.23. The lowest BCUT2D eigenvalue weighted by Gasteiger charge is -2.17. The minimum Gasteiger partial charge on any atom is -0.491 e. The summed E-state index contributed by atoms with van der Waals surface area (Å²) in [6.07, 6.45) is -0.586. The molecule has 0 spiro atoms. The third-order valence-electron chi connectivity index (χ3n) is 4.30. The van der Waals surface area contributed by atoms with E-state index in [1.165, 1.54) is 0 Å². The fraction of sp³-hybridized carbons (Fsp3) is 0.350. The van der Waals surface area contributed by atoms with Gasteiger partial charge in [-0.25, -0.2) is 4.98 Å². The van der Waals surface area contributed by atoms with Crippen molar-refractivity contribution in [1.29, 1.82) is 0 Å². The number of ether oxygens (including phenoxy) is 1. The molecular formula is C20H25N3O2. The molecule has 3 aromatic rings. The van der Waals surface area contributed by atoms with Crippen molar-refractivity contribution in [3.8, 4) is 5.75 Å². The van der Waals surface area contributed by atoms with Crippen LogP contribution in [0.3, 0.4) is 0 Å². The first kappa shape index (κ1) is 17.5. The Balaban J connectivity index is 1.54. The van der Waals surface area contributed by atoms with Crippen molar-refractivity contribution in [1.82, 2.24) is 14.9 Å². The molecule has 1 aromatic heterocycles. The van der Waals surface area contributed by atoms with Crippen molar-refractivity contribution in [2.45, 2.75) is 26.0 Å². The molecule has 1 heterocycles. The Labute approximate surface area is 148 Å². The second-order valence-corrected chi connectivity index (χ2v) is 6.43. The highest BCUT2D eigenvalue weighted by Gasteiger charge is 2.15. The van der Waals surface area contributed by atoms with Crippen molar-refractivity contribution in [2.75, 3.05) is 13.2 Å². The number of imidazole rings is 1. The summed E-state index contributed by atoms with van der Waals surface area (Å²) in [7, 11) is 2.01. The van der Waals surface area contributed by atoms with Crippen molar-refractivity contribution < 1.29 is 9.84 Å². The van der Waals surface area contributed by atoms with Crippen LogP contribution in [0.2, 0.25) is 0 Å². The minimum atomic E-state index is -0.586. The number of aryl methyl sites for hydroxylation is 2. The van der Waals surface area contributed by atoms with Gasteiger partial charge >= 0.3 is 0 Å². The Hall–Kier alpha value is -2.37. The second-order valence-electron chi connectivity index (χ2n) is 6.43. The van der Waals surface area contributed by atoms with Gasteiger partial charge in [0, 0.05) is 13.6 Å². The van der Waals surface area contributed by atoms with E-state index in [4.69, 9.17) is 4.74 Å². The van der Waals surface area contributed by atoms with E-state index in [2.05, 4.69) is 27.9 Å². The van der Waals surface area contributed by atoms with Gasteiger partial charge in [0.25, 0.3) is 0 Å². The number of aliphatic hydroxyl groups excluding tert-OH is 1. The maximum Gasteiger partial charge on any atom is 0.126 e. The largest absolute Gasteiger partial charge is 0.491 e. The average Bonchev–Trinajstić information content (AvgIpc) is 2.95. The Morgan fingerprint density at radius 1 is 1.20 bits per heavy atom. The fourth-order valence-electron chi connectivity index (χ4n) is 2.91. The predicted molar refractivity (Wildman–Crippen MR) is 99.8 cm³/mol. The van der Waals surface area contributed by atoms with E-state index >= 15 is 0 Å². The number of nitrogens with one attached hydrogen (secondary N) is 1. The highest BCUT2D eigenvalue weighted by Crippen LogP contribution is 2.19. The van der Waals surface area contributed by atoms with Crippen molar-refractivity contribution in [2.24, 2.45) is 7.05 Å². The zero-order valence-electron chi connectivity index (χ0n) is 14.9. The number of aromatic nitrogens is 2. The zero-order chi connectivity index (χ0) is 17.8. The maximum absolute atomic E-state index is 10.2. The first-order valence-corrected chi connectivity index (χ1v) is 8.57. The fourth-order valence-corrected chi connectivity index (χ4v) is 2.91. The summed E-state index contributed by atoms with van der Waals surface area (Å²) in [4.78, 5) is 4.68. The van der Waals surface area contributed by atoms with E-state index in [1.807, 2.05) is 56.4 Å². The maximum atomic E-state index is 10.2. The summed E-state index contributed by atoms with van der Waals surface area (Å²) in [5.74, 6) is 1.73. The van der Waals surface area contributed by atoms with E-state index in [0.29, 0.717) is 6.54 Å². The van der Waals surface area contributed by atoms with Crippen LogP contribution in [0.25, 0.3) is 11.0 Å². The third-order valence-corrected chi connectivity index (χ3v) is 4.30. The molecule has 2 N–H and O–H groups in total. The number of fused-ring (bicyclic) bond motifs is 1. The molecule has 0 aliphatic carbocycles. The van der Waals surface area contributed by atoms with Gasteiger partial charge in [-0.15, -0.1) is 0 Å². The lowest BCUT2D eigenvalue weighted by molar-refractivity contribution is 0.104. The van der Waals surface area contributed by atoms with Crippen LogP contribution >= 0.6 is 0 Å². The van der Waals surface area contributed by atoms with Crippen molar-refractivity contribution in [3.63, 3.8) is 0 Å². The molecule has 0 amide bonds. The smallest absolute Gasteiger partial charge is 0.126 e. The molecule has 132 valence electrons. The van der Waals surface area contributed by atoms with E-state index in [0.717, 1.165) is 28.2 Å². The SMILES string of the molecule is Cc1cccc(OCC(O)CNC(C)c2nc3ccccc3n2C)c1. The van der Waals surface area contributed by atoms with Gasteiger partial charge in [0.1, 0.15) is 24.3 Å². The summed E-state index contributed by atoms with van der Waals surface area (Å²) in [6, 6.07) is 15.9. The monoisotopic (exact) mass is 339 g/mol. The number of aliphatic hydroxyl groups is 1. The van der Waals surface area contributed by atoms with E-state index in [-0.39, 0.29) is 12.6 Å². The van der Waals surface area contributed by atoms with Crippen LogP contribution in [0.1, 0.15) is 24.4 Å². The topological polar surface area (TPSA) is 59.3 Å². The van der Waals surface area contributed by atoms with Gasteiger partial charge in [-0.1, -0.05) is 24.3 Å². The number of nitrogens with zero attached hydrogens (tertiary/aromatic N) is 2. The number of hydrogen-bond donors (Lipinski definition) is 2. The average molecular weight is 339 g/mol. The third kappa shape index (κ3) is 4.18. The van der Waals surface area contributed by atoms with Gasteiger partial charge in [-0.2, -0.15) is 0 Å². The Kier molecular flexibility index (Phi) is 5.36. The van der Waals surface area contributed by atoms with E-state index in [1.54, 1.807) is 0 Å². The van der Waals surface area contributed by atoms with Crippen LogP contribution < -0.4 is 10.1 Å². The van der Waals surface area contributed by atoms with E-state index < -0.39 is 6.10 Å². The molecule has 0 aliphatic rings. The van der Waals surface area contributed by atoms with Crippen LogP contribution in [-0.4, -0.2) is 33.9 Å². The molecule has 2 aromatic carbocycles. The molecule has 5 heteroatoms. The summed E-state index contributed by atoms with van der Waals surface area (Å²) < 4.78 is 7.73. The van der Waals surface area contributed by atoms with Gasteiger partial charge < -0.3 is 19.7 Å². The minimum absolute atomic E-state index is 0.0334. The second kappa shape index (κ2) is 7.68.